The van der Waals surface area contributed by atoms with Gasteiger partial charge in [-0.15, -0.1) is 0 Å². The van der Waals surface area contributed by atoms with Crippen LogP contribution in [-0.4, -0.2) is 24.7 Å². The number of unbranched alkanes of at least 4 members (excludes halogenated alkanes) is 1. The molecule has 1 amide bonds. The van der Waals surface area contributed by atoms with E-state index in [-0.39, 0.29) is 18.9 Å². The van der Waals surface area contributed by atoms with Crippen molar-refractivity contribution in [3.63, 3.8) is 0 Å². The first-order chi connectivity index (χ1) is 7.53. The van der Waals surface area contributed by atoms with E-state index < -0.39 is 12.0 Å². The molecule has 0 atom stereocenters. The van der Waals surface area contributed by atoms with Crippen molar-refractivity contribution < 1.29 is 18.3 Å². The second kappa shape index (κ2) is 6.01. The second-order valence-electron chi connectivity index (χ2n) is 4.26. The van der Waals surface area contributed by atoms with Crippen molar-refractivity contribution in [2.75, 3.05) is 6.61 Å². The fraction of sp³-hybridized carbons (Fsp3) is 0.909. The minimum absolute atomic E-state index is 0.146. The monoisotopic (exact) mass is 235 g/mol. The van der Waals surface area contributed by atoms with Gasteiger partial charge in [0.25, 0.3) is 0 Å². The number of halogens is 2. The van der Waals surface area contributed by atoms with E-state index in [1.54, 1.807) is 0 Å². The Hall–Kier alpha value is -0.870. The van der Waals surface area contributed by atoms with Crippen molar-refractivity contribution in [1.29, 1.82) is 0 Å². The van der Waals surface area contributed by atoms with Gasteiger partial charge in [-0.3, -0.25) is 0 Å². The van der Waals surface area contributed by atoms with Crippen molar-refractivity contribution >= 4 is 6.09 Å². The Balaban J connectivity index is 2.16. The number of amides is 1. The molecule has 1 saturated carbocycles. The van der Waals surface area contributed by atoms with E-state index in [0.717, 1.165) is 12.8 Å². The highest BCUT2D eigenvalue weighted by Crippen LogP contribution is 2.32. The normalized spacial score (nSPS) is 20.4. The number of alkyl halides is 2. The molecular formula is C11H19F2NO2. The zero-order valence-corrected chi connectivity index (χ0v) is 9.60. The number of rotatable bonds is 4. The number of ether oxygens (including phenoxy) is 1. The maximum Gasteiger partial charge on any atom is 0.407 e. The molecule has 0 unspecified atom stereocenters. The van der Waals surface area contributed by atoms with Gasteiger partial charge in [0.2, 0.25) is 5.92 Å². The van der Waals surface area contributed by atoms with E-state index >= 15 is 0 Å². The molecule has 5 heteroatoms. The van der Waals surface area contributed by atoms with E-state index in [4.69, 9.17) is 4.74 Å². The lowest BCUT2D eigenvalue weighted by molar-refractivity contribution is -0.0403. The molecule has 0 aromatic rings. The lowest BCUT2D eigenvalue weighted by atomic mass is 9.92. The van der Waals surface area contributed by atoms with Gasteiger partial charge in [0.05, 0.1) is 6.61 Å². The van der Waals surface area contributed by atoms with Crippen molar-refractivity contribution in [3.05, 3.63) is 0 Å². The number of hydrogen-bond acceptors (Lipinski definition) is 2. The smallest absolute Gasteiger partial charge is 0.407 e. The molecule has 0 aromatic carbocycles. The topological polar surface area (TPSA) is 38.3 Å². The summed E-state index contributed by atoms with van der Waals surface area (Å²) in [6.07, 6.45) is 1.67. The molecule has 1 fully saturated rings. The lowest BCUT2D eigenvalue weighted by Gasteiger charge is -2.28. The quantitative estimate of drug-likeness (QED) is 0.760. The van der Waals surface area contributed by atoms with Gasteiger partial charge in [-0.25, -0.2) is 13.6 Å². The molecule has 3 nitrogen and oxygen atoms in total. The molecule has 0 saturated heterocycles. The van der Waals surface area contributed by atoms with Gasteiger partial charge in [0.15, 0.2) is 0 Å². The van der Waals surface area contributed by atoms with Crippen LogP contribution in [0.15, 0.2) is 0 Å². The second-order valence-corrected chi connectivity index (χ2v) is 4.26. The Labute approximate surface area is 94.5 Å². The molecular weight excluding hydrogens is 216 g/mol. The molecule has 0 radical (unpaired) electrons. The third-order valence-electron chi connectivity index (χ3n) is 2.77. The van der Waals surface area contributed by atoms with E-state index in [1.165, 1.54) is 0 Å². The number of hydrogen-bond donors (Lipinski definition) is 1. The van der Waals surface area contributed by atoms with Crippen LogP contribution in [0.3, 0.4) is 0 Å². The van der Waals surface area contributed by atoms with Gasteiger partial charge in [-0.2, -0.15) is 0 Å². The van der Waals surface area contributed by atoms with E-state index in [1.807, 2.05) is 6.92 Å². The van der Waals surface area contributed by atoms with Crippen LogP contribution in [0.25, 0.3) is 0 Å². The molecule has 0 aliphatic heterocycles. The number of carbonyl (C=O) groups excluding carboxylic acids is 1. The van der Waals surface area contributed by atoms with E-state index in [2.05, 4.69) is 5.32 Å². The summed E-state index contributed by atoms with van der Waals surface area (Å²) in [6, 6.07) is -0.159. The Morgan fingerprint density at radius 2 is 2.06 bits per heavy atom. The molecule has 1 aliphatic rings. The Morgan fingerprint density at radius 3 is 2.62 bits per heavy atom. The number of nitrogens with one attached hydrogen (secondary N) is 1. The first-order valence-corrected chi connectivity index (χ1v) is 5.84. The van der Waals surface area contributed by atoms with E-state index in [9.17, 15) is 13.6 Å². The molecule has 94 valence electrons. The molecule has 0 heterocycles. The summed E-state index contributed by atoms with van der Waals surface area (Å²) in [6.45, 7) is 2.40. The van der Waals surface area contributed by atoms with Crippen LogP contribution < -0.4 is 5.32 Å². The largest absolute Gasteiger partial charge is 0.450 e. The van der Waals surface area contributed by atoms with Crippen LogP contribution in [0.1, 0.15) is 45.4 Å². The lowest BCUT2D eigenvalue weighted by Crippen LogP contribution is -2.40. The first-order valence-electron chi connectivity index (χ1n) is 5.84. The van der Waals surface area contributed by atoms with Gasteiger partial charge in [-0.1, -0.05) is 13.3 Å². The summed E-state index contributed by atoms with van der Waals surface area (Å²) < 4.78 is 30.5. The standard InChI is InChI=1S/C11H19F2NO2/c1-2-3-8-16-10(15)14-9-4-6-11(12,13)7-5-9/h9H,2-8H2,1H3,(H,14,15). The average molecular weight is 235 g/mol. The van der Waals surface area contributed by atoms with Gasteiger partial charge in [-0.05, 0) is 19.3 Å². The third-order valence-corrected chi connectivity index (χ3v) is 2.77. The SMILES string of the molecule is CCCCOC(=O)NC1CCC(F)(F)CC1. The van der Waals surface area contributed by atoms with Crippen LogP contribution in [0.4, 0.5) is 13.6 Å². The molecule has 1 rings (SSSR count). The fourth-order valence-electron chi connectivity index (χ4n) is 1.70. The summed E-state index contributed by atoms with van der Waals surface area (Å²) in [5.74, 6) is -2.55. The highest BCUT2D eigenvalue weighted by atomic mass is 19.3. The van der Waals surface area contributed by atoms with Gasteiger partial charge < -0.3 is 10.1 Å². The highest BCUT2D eigenvalue weighted by Gasteiger charge is 2.35. The number of carbonyl (C=O) groups is 1. The van der Waals surface area contributed by atoms with Crippen molar-refractivity contribution in [3.8, 4) is 0 Å². The predicted octanol–water partition coefficient (Wildman–Crippen LogP) is 3.09. The van der Waals surface area contributed by atoms with Crippen molar-refractivity contribution in [2.24, 2.45) is 0 Å². The molecule has 16 heavy (non-hydrogen) atoms. The number of alkyl carbamates (subject to hydrolysis) is 1. The summed E-state index contributed by atoms with van der Waals surface area (Å²) in [7, 11) is 0. The maximum atomic E-state index is 12.8. The van der Waals surface area contributed by atoms with Crippen molar-refractivity contribution in [1.82, 2.24) is 5.32 Å². The van der Waals surface area contributed by atoms with Crippen LogP contribution in [-0.2, 0) is 4.74 Å². The highest BCUT2D eigenvalue weighted by molar-refractivity contribution is 5.67. The molecule has 1 N–H and O–H groups in total. The molecule has 0 bridgehead atoms. The maximum absolute atomic E-state index is 12.8. The minimum Gasteiger partial charge on any atom is -0.450 e. The Kier molecular flexibility index (Phi) is 4.96. The van der Waals surface area contributed by atoms with Crippen molar-refractivity contribution in [2.45, 2.75) is 57.4 Å². The van der Waals surface area contributed by atoms with Crippen LogP contribution in [0.2, 0.25) is 0 Å². The molecule has 1 aliphatic carbocycles. The van der Waals surface area contributed by atoms with E-state index in [0.29, 0.717) is 19.4 Å². The Morgan fingerprint density at radius 1 is 1.44 bits per heavy atom. The summed E-state index contributed by atoms with van der Waals surface area (Å²) in [5, 5.41) is 2.62. The van der Waals surface area contributed by atoms with Gasteiger partial charge in [0, 0.05) is 18.9 Å². The molecule has 0 spiro atoms. The first kappa shape index (κ1) is 13.2. The summed E-state index contributed by atoms with van der Waals surface area (Å²) in [5.41, 5.74) is 0. The summed E-state index contributed by atoms with van der Waals surface area (Å²) in [4.78, 5) is 11.2. The van der Waals surface area contributed by atoms with Crippen LogP contribution in [0, 0.1) is 0 Å². The van der Waals surface area contributed by atoms with Gasteiger partial charge >= 0.3 is 6.09 Å². The van der Waals surface area contributed by atoms with Gasteiger partial charge in [0.1, 0.15) is 0 Å². The zero-order valence-electron chi connectivity index (χ0n) is 9.60. The predicted molar refractivity (Wildman–Crippen MR) is 56.6 cm³/mol. The third kappa shape index (κ3) is 4.77. The van der Waals surface area contributed by atoms with Crippen LogP contribution >= 0.6 is 0 Å². The average Bonchev–Trinajstić information content (AvgIpc) is 2.22. The minimum atomic E-state index is -2.55. The van der Waals surface area contributed by atoms with Crippen LogP contribution in [0.5, 0.6) is 0 Å². The fourth-order valence-corrected chi connectivity index (χ4v) is 1.70. The Bertz CT molecular complexity index is 224. The summed E-state index contributed by atoms with van der Waals surface area (Å²) >= 11 is 0. The molecule has 0 aromatic heterocycles. The zero-order chi connectivity index (χ0) is 12.0.